The maximum atomic E-state index is 12.1. The van der Waals surface area contributed by atoms with Crippen molar-refractivity contribution in [2.24, 2.45) is 5.92 Å². The molecular formula is C15H21N3O. The van der Waals surface area contributed by atoms with E-state index in [2.05, 4.69) is 11.4 Å². The molecule has 0 bridgehead atoms. The molecule has 0 aliphatic rings. The monoisotopic (exact) mass is 259 g/mol. The smallest absolute Gasteiger partial charge is 0.252 e. The van der Waals surface area contributed by atoms with Crippen LogP contribution in [0.3, 0.4) is 0 Å². The summed E-state index contributed by atoms with van der Waals surface area (Å²) in [7, 11) is 3.85. The Hall–Kier alpha value is -2.02. The topological polar surface area (TPSA) is 56.1 Å². The van der Waals surface area contributed by atoms with Crippen LogP contribution in [0.15, 0.2) is 24.3 Å². The van der Waals surface area contributed by atoms with Crippen molar-refractivity contribution in [1.29, 1.82) is 5.26 Å². The molecule has 0 heterocycles. The van der Waals surface area contributed by atoms with Gasteiger partial charge in [0.15, 0.2) is 0 Å². The molecule has 1 rings (SSSR count). The van der Waals surface area contributed by atoms with Crippen LogP contribution in [0.4, 0.5) is 5.69 Å². The number of hydrogen-bond acceptors (Lipinski definition) is 3. The number of rotatable bonds is 5. The zero-order valence-corrected chi connectivity index (χ0v) is 12.0. The number of benzene rings is 1. The number of amides is 1. The second kappa shape index (κ2) is 6.79. The van der Waals surface area contributed by atoms with Gasteiger partial charge in [0.2, 0.25) is 0 Å². The average molecular weight is 259 g/mol. The van der Waals surface area contributed by atoms with Crippen LogP contribution in [0.5, 0.6) is 0 Å². The Morgan fingerprint density at radius 2 is 2.11 bits per heavy atom. The summed E-state index contributed by atoms with van der Waals surface area (Å²) in [6, 6.07) is 9.05. The lowest BCUT2D eigenvalue weighted by Crippen LogP contribution is -2.34. The minimum Gasteiger partial charge on any atom is -0.378 e. The van der Waals surface area contributed by atoms with Gasteiger partial charge in [-0.3, -0.25) is 4.79 Å². The van der Waals surface area contributed by atoms with Crippen molar-refractivity contribution in [1.82, 2.24) is 5.32 Å². The summed E-state index contributed by atoms with van der Waals surface area (Å²) in [6.07, 6.45) is 0.662. The Morgan fingerprint density at radius 1 is 1.42 bits per heavy atom. The van der Waals surface area contributed by atoms with Crippen LogP contribution in [0.1, 0.15) is 30.6 Å². The van der Waals surface area contributed by atoms with Gasteiger partial charge in [-0.1, -0.05) is 19.9 Å². The lowest BCUT2D eigenvalue weighted by atomic mass is 10.0. The van der Waals surface area contributed by atoms with E-state index < -0.39 is 6.04 Å². The molecule has 0 saturated carbocycles. The summed E-state index contributed by atoms with van der Waals surface area (Å²) in [6.45, 7) is 4.06. The fraction of sp³-hybridized carbons (Fsp3) is 0.467. The van der Waals surface area contributed by atoms with Crippen LogP contribution < -0.4 is 10.2 Å². The Balaban J connectivity index is 2.78. The van der Waals surface area contributed by atoms with Gasteiger partial charge >= 0.3 is 0 Å². The van der Waals surface area contributed by atoms with Crippen molar-refractivity contribution in [3.8, 4) is 6.07 Å². The van der Waals surface area contributed by atoms with Gasteiger partial charge in [0.25, 0.3) is 5.91 Å². The highest BCUT2D eigenvalue weighted by molar-refractivity contribution is 5.95. The van der Waals surface area contributed by atoms with Crippen molar-refractivity contribution in [2.45, 2.75) is 26.3 Å². The summed E-state index contributed by atoms with van der Waals surface area (Å²) in [5, 5.41) is 11.8. The zero-order valence-electron chi connectivity index (χ0n) is 12.0. The predicted molar refractivity (Wildman–Crippen MR) is 77.1 cm³/mol. The predicted octanol–water partition coefficient (Wildman–Crippen LogP) is 2.42. The largest absolute Gasteiger partial charge is 0.378 e. The Bertz CT molecular complexity index is 475. The van der Waals surface area contributed by atoms with Gasteiger partial charge < -0.3 is 10.2 Å². The van der Waals surface area contributed by atoms with Gasteiger partial charge in [-0.15, -0.1) is 0 Å². The first-order chi connectivity index (χ1) is 8.93. The van der Waals surface area contributed by atoms with Crippen LogP contribution >= 0.6 is 0 Å². The molecule has 1 aromatic carbocycles. The quantitative estimate of drug-likeness (QED) is 0.883. The SMILES string of the molecule is CC(C)CC(C#N)NC(=O)c1cccc(N(C)C)c1. The maximum absolute atomic E-state index is 12.1. The normalized spacial score (nSPS) is 11.8. The number of carbonyl (C=O) groups is 1. The van der Waals surface area contributed by atoms with Crippen LogP contribution in [0, 0.1) is 17.2 Å². The number of nitrogens with zero attached hydrogens (tertiary/aromatic N) is 2. The molecule has 4 heteroatoms. The minimum atomic E-state index is -0.435. The van der Waals surface area contributed by atoms with Crippen molar-refractivity contribution in [3.05, 3.63) is 29.8 Å². The van der Waals surface area contributed by atoms with Crippen LogP contribution in [-0.2, 0) is 0 Å². The highest BCUT2D eigenvalue weighted by Gasteiger charge is 2.14. The van der Waals surface area contributed by atoms with Gasteiger partial charge in [-0.25, -0.2) is 0 Å². The summed E-state index contributed by atoms with van der Waals surface area (Å²) in [5.74, 6) is 0.175. The molecule has 0 radical (unpaired) electrons. The van der Waals surface area contributed by atoms with Crippen molar-refractivity contribution >= 4 is 11.6 Å². The summed E-state index contributed by atoms with van der Waals surface area (Å²) in [4.78, 5) is 14.0. The van der Waals surface area contributed by atoms with E-state index in [1.807, 2.05) is 51.0 Å². The third-order valence-corrected chi connectivity index (χ3v) is 2.79. The van der Waals surface area contributed by atoms with E-state index in [1.54, 1.807) is 6.07 Å². The molecule has 0 aliphatic heterocycles. The van der Waals surface area contributed by atoms with E-state index >= 15 is 0 Å². The van der Waals surface area contributed by atoms with E-state index in [0.29, 0.717) is 17.9 Å². The molecule has 1 N–H and O–H groups in total. The second-order valence-corrected chi connectivity index (χ2v) is 5.23. The number of nitriles is 1. The third-order valence-electron chi connectivity index (χ3n) is 2.79. The van der Waals surface area contributed by atoms with Gasteiger partial charge in [0, 0.05) is 25.3 Å². The van der Waals surface area contributed by atoms with Gasteiger partial charge in [0.1, 0.15) is 6.04 Å². The average Bonchev–Trinajstić information content (AvgIpc) is 2.37. The molecule has 4 nitrogen and oxygen atoms in total. The molecule has 0 fully saturated rings. The fourth-order valence-electron chi connectivity index (χ4n) is 1.78. The van der Waals surface area contributed by atoms with E-state index in [9.17, 15) is 4.79 Å². The van der Waals surface area contributed by atoms with Crippen LogP contribution in [0.25, 0.3) is 0 Å². The van der Waals surface area contributed by atoms with E-state index in [0.717, 1.165) is 5.69 Å². The van der Waals surface area contributed by atoms with E-state index in [4.69, 9.17) is 5.26 Å². The first-order valence-corrected chi connectivity index (χ1v) is 6.42. The van der Waals surface area contributed by atoms with Gasteiger partial charge in [-0.05, 0) is 30.5 Å². The van der Waals surface area contributed by atoms with Gasteiger partial charge in [-0.2, -0.15) is 5.26 Å². The first kappa shape index (κ1) is 15.0. The zero-order chi connectivity index (χ0) is 14.4. The first-order valence-electron chi connectivity index (χ1n) is 6.42. The Labute approximate surface area is 115 Å². The summed E-state index contributed by atoms with van der Waals surface area (Å²) in [5.41, 5.74) is 1.54. The molecule has 1 unspecified atom stereocenters. The molecule has 102 valence electrons. The van der Waals surface area contributed by atoms with Crippen molar-refractivity contribution < 1.29 is 4.79 Å². The number of nitrogens with one attached hydrogen (secondary N) is 1. The molecule has 1 atom stereocenters. The molecule has 1 aromatic rings. The summed E-state index contributed by atoms with van der Waals surface area (Å²) >= 11 is 0. The maximum Gasteiger partial charge on any atom is 0.252 e. The van der Waals surface area contributed by atoms with Gasteiger partial charge in [0.05, 0.1) is 6.07 Å². The minimum absolute atomic E-state index is 0.198. The van der Waals surface area contributed by atoms with E-state index in [-0.39, 0.29) is 5.91 Å². The van der Waals surface area contributed by atoms with Crippen molar-refractivity contribution in [2.75, 3.05) is 19.0 Å². The number of hydrogen-bond donors (Lipinski definition) is 1. The molecule has 0 aromatic heterocycles. The standard InChI is InChI=1S/C15H21N3O/c1-11(2)8-13(10-16)17-15(19)12-6-5-7-14(9-12)18(3)4/h5-7,9,11,13H,8H2,1-4H3,(H,17,19). The molecular weight excluding hydrogens is 238 g/mol. The number of anilines is 1. The second-order valence-electron chi connectivity index (χ2n) is 5.23. The van der Waals surface area contributed by atoms with Crippen LogP contribution in [0.2, 0.25) is 0 Å². The highest BCUT2D eigenvalue weighted by atomic mass is 16.1. The Kier molecular flexibility index (Phi) is 5.37. The molecule has 0 aliphatic carbocycles. The molecule has 19 heavy (non-hydrogen) atoms. The molecule has 0 spiro atoms. The number of carbonyl (C=O) groups excluding carboxylic acids is 1. The van der Waals surface area contributed by atoms with Crippen LogP contribution in [-0.4, -0.2) is 26.0 Å². The third kappa shape index (κ3) is 4.63. The lowest BCUT2D eigenvalue weighted by Gasteiger charge is -2.16. The Morgan fingerprint density at radius 3 is 2.63 bits per heavy atom. The lowest BCUT2D eigenvalue weighted by molar-refractivity contribution is 0.0942. The molecule has 1 amide bonds. The van der Waals surface area contributed by atoms with E-state index in [1.165, 1.54) is 0 Å². The van der Waals surface area contributed by atoms with Crippen molar-refractivity contribution in [3.63, 3.8) is 0 Å². The fourth-order valence-corrected chi connectivity index (χ4v) is 1.78. The summed E-state index contributed by atoms with van der Waals surface area (Å²) < 4.78 is 0. The highest BCUT2D eigenvalue weighted by Crippen LogP contribution is 2.14. The molecule has 0 saturated heterocycles.